The molecule has 0 saturated carbocycles. The second kappa shape index (κ2) is 5.75. The van der Waals surface area contributed by atoms with Crippen molar-refractivity contribution < 1.29 is 10.4 Å². The van der Waals surface area contributed by atoms with Gasteiger partial charge >= 0.3 is 0 Å². The minimum Gasteiger partial charge on any atom is -0.337 e. The van der Waals surface area contributed by atoms with Crippen LogP contribution in [0, 0.1) is 0 Å². The molecule has 2 aromatic carbocycles. The minimum absolute atomic E-state index is 0.0876. The third-order valence-corrected chi connectivity index (χ3v) is 4.38. The summed E-state index contributed by atoms with van der Waals surface area (Å²) in [5.41, 5.74) is 2.95. The Kier molecular flexibility index (Phi) is 3.57. The Hall–Kier alpha value is -2.68. The van der Waals surface area contributed by atoms with Crippen LogP contribution in [-0.2, 0) is 0 Å². The Morgan fingerprint density at radius 2 is 1.92 bits per heavy atom. The SMILES string of the molecule is ON(O)c1cccc2nc(Nc3ccccc3Br)c3cncn3c12. The van der Waals surface area contributed by atoms with Crippen LogP contribution in [0.3, 0.4) is 0 Å². The normalized spacial score (nSPS) is 11.1. The summed E-state index contributed by atoms with van der Waals surface area (Å²) < 4.78 is 2.67. The van der Waals surface area contributed by atoms with Gasteiger partial charge in [-0.2, -0.15) is 0 Å². The van der Waals surface area contributed by atoms with Gasteiger partial charge in [-0.25, -0.2) is 9.97 Å². The number of hydrogen-bond donors (Lipinski definition) is 3. The first kappa shape index (κ1) is 14.9. The van der Waals surface area contributed by atoms with Gasteiger partial charge in [0.05, 0.1) is 23.7 Å². The molecule has 0 atom stereocenters. The number of imidazole rings is 1. The molecule has 7 nitrogen and oxygen atoms in total. The second-order valence-corrected chi connectivity index (χ2v) is 6.00. The predicted molar refractivity (Wildman–Crippen MR) is 94.0 cm³/mol. The van der Waals surface area contributed by atoms with Crippen LogP contribution in [0.5, 0.6) is 0 Å². The Morgan fingerprint density at radius 1 is 1.08 bits per heavy atom. The molecule has 0 amide bonds. The van der Waals surface area contributed by atoms with Gasteiger partial charge < -0.3 is 5.32 Å². The first-order valence-electron chi connectivity index (χ1n) is 7.09. The predicted octanol–water partition coefficient (Wildman–Crippen LogP) is 3.97. The van der Waals surface area contributed by atoms with E-state index < -0.39 is 0 Å². The summed E-state index contributed by atoms with van der Waals surface area (Å²) in [5, 5.41) is 22.3. The van der Waals surface area contributed by atoms with Crippen LogP contribution in [0.25, 0.3) is 16.6 Å². The third kappa shape index (κ3) is 2.37. The van der Waals surface area contributed by atoms with Gasteiger partial charge in [-0.3, -0.25) is 14.8 Å². The van der Waals surface area contributed by atoms with Crippen LogP contribution in [-0.4, -0.2) is 24.8 Å². The third-order valence-electron chi connectivity index (χ3n) is 3.69. The molecular weight excluding hydrogens is 374 g/mol. The minimum atomic E-state index is 0.0876. The summed E-state index contributed by atoms with van der Waals surface area (Å²) in [7, 11) is 0. The van der Waals surface area contributed by atoms with E-state index in [9.17, 15) is 10.4 Å². The van der Waals surface area contributed by atoms with Crippen molar-refractivity contribution in [2.24, 2.45) is 0 Å². The molecule has 0 spiro atoms. The van der Waals surface area contributed by atoms with Crippen molar-refractivity contribution in [3.63, 3.8) is 0 Å². The highest BCUT2D eigenvalue weighted by molar-refractivity contribution is 9.10. The van der Waals surface area contributed by atoms with E-state index in [1.165, 1.54) is 0 Å². The molecule has 3 N–H and O–H groups in total. The monoisotopic (exact) mass is 385 g/mol. The molecule has 0 unspecified atom stereocenters. The van der Waals surface area contributed by atoms with Crippen molar-refractivity contribution in [3.05, 3.63) is 59.5 Å². The van der Waals surface area contributed by atoms with Crippen LogP contribution in [0.1, 0.15) is 0 Å². The van der Waals surface area contributed by atoms with E-state index in [1.54, 1.807) is 35.1 Å². The number of halogens is 1. The van der Waals surface area contributed by atoms with E-state index in [0.717, 1.165) is 10.2 Å². The fourth-order valence-electron chi connectivity index (χ4n) is 2.63. The number of hydrogen-bond acceptors (Lipinski definition) is 6. The van der Waals surface area contributed by atoms with E-state index in [0.29, 0.717) is 22.4 Å². The molecule has 0 aliphatic carbocycles. The zero-order valence-electron chi connectivity index (χ0n) is 12.3. The Bertz CT molecular complexity index is 1050. The lowest BCUT2D eigenvalue weighted by Crippen LogP contribution is -2.13. The summed E-state index contributed by atoms with van der Waals surface area (Å²) in [6, 6.07) is 12.8. The number of benzene rings is 2. The maximum atomic E-state index is 9.47. The van der Waals surface area contributed by atoms with E-state index >= 15 is 0 Å². The lowest BCUT2D eigenvalue weighted by Gasteiger charge is -2.15. The van der Waals surface area contributed by atoms with Crippen molar-refractivity contribution in [3.8, 4) is 0 Å². The number of aromatic nitrogens is 3. The summed E-state index contributed by atoms with van der Waals surface area (Å²) in [4.78, 5) is 8.78. The molecule has 8 heteroatoms. The van der Waals surface area contributed by atoms with Gasteiger partial charge in [0, 0.05) is 4.47 Å². The second-order valence-electron chi connectivity index (χ2n) is 5.15. The van der Waals surface area contributed by atoms with Crippen LogP contribution in [0.15, 0.2) is 59.5 Å². The summed E-state index contributed by atoms with van der Waals surface area (Å²) in [5.74, 6) is 0.617. The Balaban J connectivity index is 1.97. The van der Waals surface area contributed by atoms with Crippen LogP contribution in [0.4, 0.5) is 17.2 Å². The fraction of sp³-hybridized carbons (Fsp3) is 0. The maximum absolute atomic E-state index is 9.47. The van der Waals surface area contributed by atoms with Gasteiger partial charge in [-0.05, 0) is 40.2 Å². The molecular formula is C16H12BrN5O2. The molecule has 0 saturated heterocycles. The van der Waals surface area contributed by atoms with Gasteiger partial charge in [0.15, 0.2) is 5.82 Å². The Labute approximate surface area is 144 Å². The number of nitrogens with one attached hydrogen (secondary N) is 1. The van der Waals surface area contributed by atoms with E-state index in [4.69, 9.17) is 0 Å². The number of fused-ring (bicyclic) bond motifs is 3. The van der Waals surface area contributed by atoms with E-state index in [-0.39, 0.29) is 10.9 Å². The molecule has 2 heterocycles. The van der Waals surface area contributed by atoms with Crippen LogP contribution >= 0.6 is 15.9 Å². The molecule has 0 aliphatic rings. The molecule has 4 aromatic rings. The fourth-order valence-corrected chi connectivity index (χ4v) is 3.01. The summed E-state index contributed by atoms with van der Waals surface area (Å²) >= 11 is 3.50. The standard InChI is InChI=1S/C16H12BrN5O2/c17-10-4-1-2-5-11(10)19-16-14-8-18-9-21(14)15-12(20-16)6-3-7-13(15)22(23)24/h1-9,23-24H,(H,19,20). The first-order valence-corrected chi connectivity index (χ1v) is 7.88. The topological polar surface area (TPSA) is 85.9 Å². The van der Waals surface area contributed by atoms with Gasteiger partial charge in [-0.1, -0.05) is 18.2 Å². The molecule has 0 bridgehead atoms. The molecule has 4 rings (SSSR count). The molecule has 0 fully saturated rings. The Morgan fingerprint density at radius 3 is 2.71 bits per heavy atom. The van der Waals surface area contributed by atoms with E-state index in [1.807, 2.05) is 24.3 Å². The van der Waals surface area contributed by atoms with Crippen molar-refractivity contribution in [1.82, 2.24) is 14.4 Å². The van der Waals surface area contributed by atoms with Crippen molar-refractivity contribution in [2.45, 2.75) is 0 Å². The largest absolute Gasteiger partial charge is 0.337 e. The average molecular weight is 386 g/mol. The highest BCUT2D eigenvalue weighted by Gasteiger charge is 2.15. The first-order chi connectivity index (χ1) is 11.6. The molecule has 24 heavy (non-hydrogen) atoms. The van der Waals surface area contributed by atoms with Gasteiger partial charge in [0.2, 0.25) is 0 Å². The zero-order chi connectivity index (χ0) is 16.7. The number of anilines is 3. The average Bonchev–Trinajstić information content (AvgIpc) is 3.06. The quantitative estimate of drug-likeness (QED) is 0.462. The van der Waals surface area contributed by atoms with Crippen molar-refractivity contribution in [1.29, 1.82) is 0 Å². The number of para-hydroxylation sites is 2. The number of rotatable bonds is 3. The smallest absolute Gasteiger partial charge is 0.157 e. The highest BCUT2D eigenvalue weighted by atomic mass is 79.9. The lowest BCUT2D eigenvalue weighted by molar-refractivity contribution is 0.0298. The molecule has 0 radical (unpaired) electrons. The molecule has 0 aliphatic heterocycles. The van der Waals surface area contributed by atoms with Crippen LogP contribution < -0.4 is 10.5 Å². The summed E-state index contributed by atoms with van der Waals surface area (Å²) in [6.07, 6.45) is 3.28. The zero-order valence-corrected chi connectivity index (χ0v) is 13.8. The molecule has 2 aromatic heterocycles. The molecule has 120 valence electrons. The van der Waals surface area contributed by atoms with Gasteiger partial charge in [0.1, 0.15) is 16.7 Å². The van der Waals surface area contributed by atoms with Gasteiger partial charge in [-0.15, -0.1) is 5.23 Å². The van der Waals surface area contributed by atoms with E-state index in [2.05, 4.69) is 31.2 Å². The summed E-state index contributed by atoms with van der Waals surface area (Å²) in [6.45, 7) is 0. The maximum Gasteiger partial charge on any atom is 0.157 e. The number of nitrogens with zero attached hydrogens (tertiary/aromatic N) is 4. The highest BCUT2D eigenvalue weighted by Crippen LogP contribution is 2.31. The van der Waals surface area contributed by atoms with Crippen molar-refractivity contribution >= 4 is 49.7 Å². The van der Waals surface area contributed by atoms with Crippen LogP contribution in [0.2, 0.25) is 0 Å². The van der Waals surface area contributed by atoms with Crippen molar-refractivity contribution in [2.75, 3.05) is 10.5 Å². The lowest BCUT2D eigenvalue weighted by atomic mass is 10.2. The van der Waals surface area contributed by atoms with Gasteiger partial charge in [0.25, 0.3) is 0 Å².